The van der Waals surface area contributed by atoms with E-state index < -0.39 is 0 Å². The summed E-state index contributed by atoms with van der Waals surface area (Å²) < 4.78 is 1.65. The zero-order valence-corrected chi connectivity index (χ0v) is 12.1. The minimum absolute atomic E-state index is 0.0640. The first-order chi connectivity index (χ1) is 9.60. The van der Waals surface area contributed by atoms with E-state index in [2.05, 4.69) is 39.1 Å². The van der Waals surface area contributed by atoms with Gasteiger partial charge in [-0.1, -0.05) is 13.8 Å². The van der Waals surface area contributed by atoms with E-state index in [0.717, 1.165) is 0 Å². The van der Waals surface area contributed by atoms with Crippen LogP contribution < -0.4 is 5.32 Å². The van der Waals surface area contributed by atoms with Gasteiger partial charge in [0.05, 0.1) is 0 Å². The van der Waals surface area contributed by atoms with Gasteiger partial charge in [-0.25, -0.2) is 4.98 Å². The number of aromatic nitrogens is 5. The van der Waals surface area contributed by atoms with Gasteiger partial charge >= 0.3 is 0 Å². The average molecular weight is 297 g/mol. The molecule has 0 aromatic carbocycles. The molecule has 0 aliphatic heterocycles. The monoisotopic (exact) mass is 296 g/mol. The number of anilines is 1. The van der Waals surface area contributed by atoms with Crippen LogP contribution in [0.1, 0.15) is 20.3 Å². The summed E-state index contributed by atoms with van der Waals surface area (Å²) in [6.45, 7) is 4.23. The van der Waals surface area contributed by atoms with Crippen molar-refractivity contribution >= 4 is 17.5 Å². The zero-order chi connectivity index (χ0) is 14.5. The molecule has 0 spiro atoms. The topological polar surface area (TPSA) is 88.8 Å². The number of aliphatic hydroxyl groups is 1. The van der Waals surface area contributed by atoms with E-state index >= 15 is 0 Å². The molecule has 1 unspecified atom stereocenters. The maximum Gasteiger partial charge on any atom is 0.241 e. The van der Waals surface area contributed by atoms with E-state index in [1.54, 1.807) is 23.3 Å². The van der Waals surface area contributed by atoms with Crippen LogP contribution in [0.15, 0.2) is 18.7 Å². The van der Waals surface area contributed by atoms with E-state index in [9.17, 15) is 0 Å². The normalized spacial score (nSPS) is 12.7. The van der Waals surface area contributed by atoms with Crippen LogP contribution in [0.4, 0.5) is 5.95 Å². The lowest BCUT2D eigenvalue weighted by molar-refractivity contribution is 0.267. The van der Waals surface area contributed by atoms with Crippen molar-refractivity contribution in [1.29, 1.82) is 0 Å². The first kappa shape index (κ1) is 14.7. The number of aliphatic hydroxyl groups excluding tert-OH is 1. The Kier molecular flexibility index (Phi) is 4.86. The molecule has 0 amide bonds. The van der Waals surface area contributed by atoms with E-state index in [1.807, 2.05) is 0 Å². The van der Waals surface area contributed by atoms with E-state index in [4.69, 9.17) is 16.7 Å². The van der Waals surface area contributed by atoms with Gasteiger partial charge in [0, 0.05) is 25.0 Å². The van der Waals surface area contributed by atoms with E-state index in [0.29, 0.717) is 24.2 Å². The Morgan fingerprint density at radius 2 is 2.15 bits per heavy atom. The lowest BCUT2D eigenvalue weighted by Crippen LogP contribution is -2.28. The minimum atomic E-state index is 0.0640. The molecule has 0 aliphatic rings. The van der Waals surface area contributed by atoms with Crippen LogP contribution in [0.3, 0.4) is 0 Å². The number of nitrogens with zero attached hydrogens (tertiary/aromatic N) is 5. The lowest BCUT2D eigenvalue weighted by atomic mass is 10.0. The Morgan fingerprint density at radius 1 is 1.35 bits per heavy atom. The Labute approximate surface area is 122 Å². The van der Waals surface area contributed by atoms with Gasteiger partial charge in [-0.15, -0.1) is 0 Å². The van der Waals surface area contributed by atoms with Gasteiger partial charge in [-0.3, -0.25) is 4.57 Å². The molecule has 0 radical (unpaired) electrons. The van der Waals surface area contributed by atoms with Gasteiger partial charge in [0.1, 0.15) is 6.33 Å². The smallest absolute Gasteiger partial charge is 0.241 e. The van der Waals surface area contributed by atoms with Crippen molar-refractivity contribution in [2.45, 2.75) is 26.3 Å². The van der Waals surface area contributed by atoms with Gasteiger partial charge in [-0.05, 0) is 23.9 Å². The largest absolute Gasteiger partial charge is 0.396 e. The number of hydrogen-bond donors (Lipinski definition) is 2. The van der Waals surface area contributed by atoms with Crippen LogP contribution in [-0.2, 0) is 0 Å². The molecule has 7 nitrogen and oxygen atoms in total. The summed E-state index contributed by atoms with van der Waals surface area (Å²) in [5.41, 5.74) is 0. The lowest BCUT2D eigenvalue weighted by Gasteiger charge is -2.21. The second kappa shape index (κ2) is 6.62. The fraction of sp³-hybridized carbons (Fsp3) is 0.500. The second-order valence-electron chi connectivity index (χ2n) is 4.71. The summed E-state index contributed by atoms with van der Waals surface area (Å²) >= 11 is 5.92. The predicted molar refractivity (Wildman–Crippen MR) is 75.9 cm³/mol. The third-order valence-corrected chi connectivity index (χ3v) is 3.06. The van der Waals surface area contributed by atoms with E-state index in [1.165, 1.54) is 0 Å². The van der Waals surface area contributed by atoms with Crippen molar-refractivity contribution in [1.82, 2.24) is 24.5 Å². The van der Waals surface area contributed by atoms with Crippen LogP contribution in [-0.4, -0.2) is 42.3 Å². The van der Waals surface area contributed by atoms with Gasteiger partial charge < -0.3 is 10.4 Å². The van der Waals surface area contributed by atoms with Gasteiger partial charge in [-0.2, -0.15) is 15.0 Å². The number of imidazole rings is 1. The summed E-state index contributed by atoms with van der Waals surface area (Å²) in [6.07, 6.45) is 5.56. The quantitative estimate of drug-likeness (QED) is 0.840. The zero-order valence-electron chi connectivity index (χ0n) is 11.4. The molecule has 8 heteroatoms. The third kappa shape index (κ3) is 3.64. The fourth-order valence-corrected chi connectivity index (χ4v) is 1.93. The number of halogens is 1. The highest BCUT2D eigenvalue weighted by atomic mass is 35.5. The van der Waals surface area contributed by atoms with Crippen molar-refractivity contribution in [3.8, 4) is 5.95 Å². The number of nitrogens with one attached hydrogen (secondary N) is 1. The van der Waals surface area contributed by atoms with E-state index in [-0.39, 0.29) is 17.9 Å². The number of rotatable bonds is 6. The Morgan fingerprint density at radius 3 is 2.75 bits per heavy atom. The van der Waals surface area contributed by atoms with Crippen LogP contribution in [0.25, 0.3) is 5.95 Å². The SMILES string of the molecule is CC(C)C(CCO)Nc1nc(Cl)nc(-n2ccnc2)n1. The maximum atomic E-state index is 9.09. The first-order valence-corrected chi connectivity index (χ1v) is 6.75. The molecule has 0 saturated heterocycles. The van der Waals surface area contributed by atoms with Crippen molar-refractivity contribution in [3.05, 3.63) is 24.0 Å². The highest BCUT2D eigenvalue weighted by Crippen LogP contribution is 2.14. The molecule has 2 heterocycles. The molecule has 0 aliphatic carbocycles. The fourth-order valence-electron chi connectivity index (χ4n) is 1.77. The average Bonchev–Trinajstić information content (AvgIpc) is 2.91. The molecule has 108 valence electrons. The molecule has 0 fully saturated rings. The van der Waals surface area contributed by atoms with Crippen LogP contribution in [0.5, 0.6) is 0 Å². The van der Waals surface area contributed by atoms with Crippen molar-refractivity contribution in [2.75, 3.05) is 11.9 Å². The summed E-state index contributed by atoms with van der Waals surface area (Å²) in [5, 5.41) is 12.4. The molecular weight excluding hydrogens is 280 g/mol. The molecule has 0 saturated carbocycles. The highest BCUT2D eigenvalue weighted by molar-refractivity contribution is 6.28. The van der Waals surface area contributed by atoms with Gasteiger partial charge in [0.15, 0.2) is 0 Å². The summed E-state index contributed by atoms with van der Waals surface area (Å²) in [5.74, 6) is 1.12. The summed E-state index contributed by atoms with van der Waals surface area (Å²) in [4.78, 5) is 16.4. The van der Waals surface area contributed by atoms with Crippen LogP contribution in [0, 0.1) is 5.92 Å². The Balaban J connectivity index is 2.23. The van der Waals surface area contributed by atoms with Crippen LogP contribution >= 0.6 is 11.6 Å². The third-order valence-electron chi connectivity index (χ3n) is 2.89. The molecule has 2 aromatic heterocycles. The standard InChI is InChI=1S/C12H17ClN6O/c1-8(2)9(3-6-20)15-11-16-10(13)17-12(18-11)19-5-4-14-7-19/h4-5,7-9,20H,3,6H2,1-2H3,(H,15,16,17,18). The molecule has 0 bridgehead atoms. The molecular formula is C12H17ClN6O. The van der Waals surface area contributed by atoms with Gasteiger partial charge in [0.2, 0.25) is 17.2 Å². The molecule has 2 rings (SSSR count). The molecule has 2 N–H and O–H groups in total. The highest BCUT2D eigenvalue weighted by Gasteiger charge is 2.15. The first-order valence-electron chi connectivity index (χ1n) is 6.37. The van der Waals surface area contributed by atoms with Gasteiger partial charge in [0.25, 0.3) is 0 Å². The second-order valence-corrected chi connectivity index (χ2v) is 5.04. The minimum Gasteiger partial charge on any atom is -0.396 e. The predicted octanol–water partition coefficient (Wildman–Crippen LogP) is 1.53. The van der Waals surface area contributed by atoms with Crippen molar-refractivity contribution < 1.29 is 5.11 Å². The Bertz CT molecular complexity index is 545. The maximum absolute atomic E-state index is 9.09. The number of hydrogen-bond acceptors (Lipinski definition) is 6. The molecule has 2 aromatic rings. The Hall–Kier alpha value is -1.73. The summed E-state index contributed by atoms with van der Waals surface area (Å²) in [7, 11) is 0. The van der Waals surface area contributed by atoms with Crippen molar-refractivity contribution in [2.24, 2.45) is 5.92 Å². The molecule has 1 atom stereocenters. The van der Waals surface area contributed by atoms with Crippen molar-refractivity contribution in [3.63, 3.8) is 0 Å². The summed E-state index contributed by atoms with van der Waals surface area (Å²) in [6, 6.07) is 0.0640. The molecule has 20 heavy (non-hydrogen) atoms. The van der Waals surface area contributed by atoms with Crippen LogP contribution in [0.2, 0.25) is 5.28 Å².